The fraction of sp³-hybridized carbons (Fsp3) is 0.381. The lowest BCUT2D eigenvalue weighted by atomic mass is 10.0. The molecule has 3 rings (SSSR count). The average molecular weight is 340 g/mol. The molecule has 24 heavy (non-hydrogen) atoms. The van der Waals surface area contributed by atoms with Gasteiger partial charge in [-0.1, -0.05) is 43.0 Å². The average Bonchev–Trinajstić information content (AvgIpc) is 3.38. The van der Waals surface area contributed by atoms with Gasteiger partial charge >= 0.3 is 0 Å². The Bertz CT molecular complexity index is 747. The Morgan fingerprint density at radius 3 is 2.67 bits per heavy atom. The maximum Gasteiger partial charge on any atom is 0.190 e. The number of carbonyl (C=O) groups excluding carboxylic acids is 1. The Morgan fingerprint density at radius 1 is 1.25 bits per heavy atom. The highest BCUT2D eigenvalue weighted by Crippen LogP contribution is 2.44. The lowest BCUT2D eigenvalue weighted by Gasteiger charge is -2.16. The Balaban J connectivity index is 1.84. The van der Waals surface area contributed by atoms with E-state index in [1.165, 1.54) is 46.9 Å². The number of hydrogen-bond donors (Lipinski definition) is 0. The molecule has 2 nitrogen and oxygen atoms in total. The van der Waals surface area contributed by atoms with Gasteiger partial charge in [-0.15, -0.1) is 0 Å². The molecule has 1 aliphatic rings. The quantitative estimate of drug-likeness (QED) is 0.635. The molecule has 0 aliphatic heterocycles. The molecular weight excluding hydrogens is 316 g/mol. The second kappa shape index (κ2) is 7.43. The SMILES string of the molecule is CCc1ccc(OCc2c(SC(C)=O)cccc2C2CC2)c(C)c1. The minimum atomic E-state index is 0.118. The van der Waals surface area contributed by atoms with Crippen molar-refractivity contribution in [3.8, 4) is 5.75 Å². The zero-order valence-electron chi connectivity index (χ0n) is 14.6. The summed E-state index contributed by atoms with van der Waals surface area (Å²) in [5.74, 6) is 1.57. The standard InChI is InChI=1S/C21H24O2S/c1-4-16-8-11-20(14(2)12-16)23-13-19-18(17-9-10-17)6-5-7-21(19)24-15(3)22/h5-8,11-12,17H,4,9-10,13H2,1-3H3. The molecule has 0 bridgehead atoms. The van der Waals surface area contributed by atoms with Gasteiger partial charge in [-0.3, -0.25) is 4.79 Å². The number of thioether (sulfide) groups is 1. The minimum Gasteiger partial charge on any atom is -0.489 e. The van der Waals surface area contributed by atoms with Crippen molar-refractivity contribution in [3.05, 3.63) is 58.7 Å². The number of ether oxygens (including phenoxy) is 1. The van der Waals surface area contributed by atoms with Crippen LogP contribution in [0.25, 0.3) is 0 Å². The molecule has 2 aromatic carbocycles. The Kier molecular flexibility index (Phi) is 5.30. The molecule has 0 spiro atoms. The molecule has 3 heteroatoms. The predicted octanol–water partition coefficient (Wildman–Crippen LogP) is 5.65. The lowest BCUT2D eigenvalue weighted by molar-refractivity contribution is -0.109. The molecule has 0 amide bonds. The van der Waals surface area contributed by atoms with Gasteiger partial charge in [-0.25, -0.2) is 0 Å². The summed E-state index contributed by atoms with van der Waals surface area (Å²) in [5.41, 5.74) is 5.02. The van der Waals surface area contributed by atoms with Gasteiger partial charge in [0.2, 0.25) is 0 Å². The Labute approximate surface area is 148 Å². The van der Waals surface area contributed by atoms with Gasteiger partial charge in [0.25, 0.3) is 0 Å². The van der Waals surface area contributed by atoms with Gasteiger partial charge in [0.15, 0.2) is 5.12 Å². The van der Waals surface area contributed by atoms with Crippen LogP contribution in [0.4, 0.5) is 0 Å². The maximum absolute atomic E-state index is 11.6. The van der Waals surface area contributed by atoms with E-state index in [1.807, 2.05) is 6.07 Å². The van der Waals surface area contributed by atoms with E-state index in [9.17, 15) is 4.79 Å². The number of benzene rings is 2. The third kappa shape index (κ3) is 4.02. The maximum atomic E-state index is 11.6. The van der Waals surface area contributed by atoms with Crippen molar-refractivity contribution in [3.63, 3.8) is 0 Å². The third-order valence-electron chi connectivity index (χ3n) is 4.46. The summed E-state index contributed by atoms with van der Waals surface area (Å²) in [6, 6.07) is 12.7. The Hall–Kier alpha value is -1.74. The first-order valence-electron chi connectivity index (χ1n) is 8.61. The molecule has 1 aliphatic carbocycles. The van der Waals surface area contributed by atoms with Crippen LogP contribution in [0.15, 0.2) is 41.3 Å². The molecule has 0 aromatic heterocycles. The van der Waals surface area contributed by atoms with Gasteiger partial charge < -0.3 is 4.74 Å². The van der Waals surface area contributed by atoms with Crippen LogP contribution < -0.4 is 4.74 Å². The second-order valence-corrected chi connectivity index (χ2v) is 7.65. The van der Waals surface area contributed by atoms with Crippen molar-refractivity contribution in [2.45, 2.75) is 57.5 Å². The van der Waals surface area contributed by atoms with E-state index in [4.69, 9.17) is 4.74 Å². The van der Waals surface area contributed by atoms with E-state index >= 15 is 0 Å². The largest absolute Gasteiger partial charge is 0.489 e. The number of rotatable bonds is 6. The predicted molar refractivity (Wildman–Crippen MR) is 99.8 cm³/mol. The van der Waals surface area contributed by atoms with Gasteiger partial charge in [0, 0.05) is 17.4 Å². The summed E-state index contributed by atoms with van der Waals surface area (Å²) >= 11 is 1.31. The van der Waals surface area contributed by atoms with Crippen LogP contribution in [0.2, 0.25) is 0 Å². The first kappa shape index (κ1) is 17.1. The van der Waals surface area contributed by atoms with Crippen molar-refractivity contribution < 1.29 is 9.53 Å². The summed E-state index contributed by atoms with van der Waals surface area (Å²) in [5, 5.41) is 0.118. The van der Waals surface area contributed by atoms with Crippen molar-refractivity contribution >= 4 is 16.9 Å². The first-order chi connectivity index (χ1) is 11.6. The van der Waals surface area contributed by atoms with Crippen LogP contribution in [0.1, 0.15) is 54.9 Å². The molecular formula is C21H24O2S. The van der Waals surface area contributed by atoms with Crippen LogP contribution >= 0.6 is 11.8 Å². The highest BCUT2D eigenvalue weighted by Gasteiger charge is 2.27. The molecule has 0 saturated heterocycles. The summed E-state index contributed by atoms with van der Waals surface area (Å²) in [4.78, 5) is 12.6. The molecule has 2 aromatic rings. The highest BCUT2D eigenvalue weighted by atomic mass is 32.2. The molecule has 1 fully saturated rings. The Morgan fingerprint density at radius 2 is 2.04 bits per heavy atom. The molecule has 0 heterocycles. The van der Waals surface area contributed by atoms with Gasteiger partial charge in [-0.05, 0) is 60.9 Å². The zero-order valence-corrected chi connectivity index (χ0v) is 15.4. The van der Waals surface area contributed by atoms with E-state index < -0.39 is 0 Å². The molecule has 0 N–H and O–H groups in total. The van der Waals surface area contributed by atoms with Crippen molar-refractivity contribution in [2.24, 2.45) is 0 Å². The van der Waals surface area contributed by atoms with E-state index in [0.717, 1.165) is 17.1 Å². The van der Waals surface area contributed by atoms with Crippen molar-refractivity contribution in [1.29, 1.82) is 0 Å². The molecule has 0 unspecified atom stereocenters. The highest BCUT2D eigenvalue weighted by molar-refractivity contribution is 8.13. The topological polar surface area (TPSA) is 26.3 Å². The summed E-state index contributed by atoms with van der Waals surface area (Å²) in [6.07, 6.45) is 3.52. The number of carbonyl (C=O) groups is 1. The number of aryl methyl sites for hydroxylation is 2. The fourth-order valence-corrected chi connectivity index (χ4v) is 3.76. The van der Waals surface area contributed by atoms with Crippen LogP contribution in [0.3, 0.4) is 0 Å². The molecule has 1 saturated carbocycles. The minimum absolute atomic E-state index is 0.118. The zero-order chi connectivity index (χ0) is 17.1. The van der Waals surface area contributed by atoms with Gasteiger partial charge in [0.05, 0.1) is 0 Å². The van der Waals surface area contributed by atoms with Crippen LogP contribution in [0.5, 0.6) is 5.75 Å². The lowest BCUT2D eigenvalue weighted by Crippen LogP contribution is -2.03. The van der Waals surface area contributed by atoms with Crippen LogP contribution in [0, 0.1) is 6.92 Å². The normalized spacial score (nSPS) is 13.8. The summed E-state index contributed by atoms with van der Waals surface area (Å²) < 4.78 is 6.14. The monoisotopic (exact) mass is 340 g/mol. The number of hydrogen-bond acceptors (Lipinski definition) is 3. The summed E-state index contributed by atoms with van der Waals surface area (Å²) in [7, 11) is 0. The van der Waals surface area contributed by atoms with E-state index in [2.05, 4.69) is 44.2 Å². The smallest absolute Gasteiger partial charge is 0.190 e. The van der Waals surface area contributed by atoms with Crippen LogP contribution in [-0.2, 0) is 17.8 Å². The van der Waals surface area contributed by atoms with Crippen molar-refractivity contribution in [1.82, 2.24) is 0 Å². The molecule has 0 radical (unpaired) electrons. The first-order valence-corrected chi connectivity index (χ1v) is 9.42. The van der Waals surface area contributed by atoms with Gasteiger partial charge in [-0.2, -0.15) is 0 Å². The fourth-order valence-electron chi connectivity index (χ4n) is 3.01. The molecule has 0 atom stereocenters. The molecule has 126 valence electrons. The van der Waals surface area contributed by atoms with Crippen molar-refractivity contribution in [2.75, 3.05) is 0 Å². The van der Waals surface area contributed by atoms with E-state index in [-0.39, 0.29) is 5.12 Å². The third-order valence-corrected chi connectivity index (χ3v) is 5.35. The van der Waals surface area contributed by atoms with E-state index in [0.29, 0.717) is 12.5 Å². The van der Waals surface area contributed by atoms with Gasteiger partial charge in [0.1, 0.15) is 12.4 Å². The summed E-state index contributed by atoms with van der Waals surface area (Å²) in [6.45, 7) is 6.39. The second-order valence-electron chi connectivity index (χ2n) is 6.43. The van der Waals surface area contributed by atoms with E-state index in [1.54, 1.807) is 6.92 Å². The van der Waals surface area contributed by atoms with Crippen LogP contribution in [-0.4, -0.2) is 5.12 Å².